The number of carbonyl (C=O) groups excluding carboxylic acids is 2. The van der Waals surface area contributed by atoms with Gasteiger partial charge in [-0.1, -0.05) is 6.07 Å². The number of anilines is 1. The highest BCUT2D eigenvalue weighted by Crippen LogP contribution is 2.31. The Labute approximate surface area is 103 Å². The summed E-state index contributed by atoms with van der Waals surface area (Å²) in [4.78, 5) is 23.1. The van der Waals surface area contributed by atoms with Gasteiger partial charge in [0.1, 0.15) is 6.61 Å². The van der Waals surface area contributed by atoms with Gasteiger partial charge in [-0.2, -0.15) is 0 Å². The van der Waals surface area contributed by atoms with Crippen molar-refractivity contribution in [3.05, 3.63) is 23.8 Å². The van der Waals surface area contributed by atoms with Crippen LogP contribution in [0.25, 0.3) is 0 Å². The lowest BCUT2D eigenvalue weighted by Gasteiger charge is -2.17. The zero-order chi connectivity index (χ0) is 12.3. The van der Waals surface area contributed by atoms with Gasteiger partial charge >= 0.3 is 0 Å². The number of hydrogen-bond donors (Lipinski definition) is 3. The van der Waals surface area contributed by atoms with Gasteiger partial charge in [0.2, 0.25) is 11.8 Å². The first-order valence-electron chi connectivity index (χ1n) is 5.12. The summed E-state index contributed by atoms with van der Waals surface area (Å²) in [5, 5.41) is 13.9. The molecule has 0 aromatic heterocycles. The Hall–Kier alpha value is -1.53. The van der Waals surface area contributed by atoms with Gasteiger partial charge in [-0.3, -0.25) is 9.59 Å². The Morgan fingerprint density at radius 2 is 2.35 bits per heavy atom. The molecule has 1 aromatic carbocycles. The second-order valence-corrected chi connectivity index (χ2v) is 4.62. The van der Waals surface area contributed by atoms with Gasteiger partial charge in [-0.25, -0.2) is 0 Å². The molecule has 17 heavy (non-hydrogen) atoms. The Morgan fingerprint density at radius 1 is 1.53 bits per heavy atom. The molecule has 2 amide bonds. The molecule has 3 N–H and O–H groups in total. The van der Waals surface area contributed by atoms with Crippen LogP contribution in [0.2, 0.25) is 0 Å². The summed E-state index contributed by atoms with van der Waals surface area (Å²) in [7, 11) is 0. The number of carbonyl (C=O) groups is 2. The quantitative estimate of drug-likeness (QED) is 0.725. The summed E-state index contributed by atoms with van der Waals surface area (Å²) in [6, 6.07) is 5.64. The molecule has 0 radical (unpaired) electrons. The first-order chi connectivity index (χ1) is 8.19. The zero-order valence-corrected chi connectivity index (χ0v) is 9.84. The van der Waals surface area contributed by atoms with Crippen LogP contribution in [0.4, 0.5) is 5.69 Å². The number of hydrogen-bond acceptors (Lipinski definition) is 4. The van der Waals surface area contributed by atoms with Gasteiger partial charge in [-0.05, 0) is 17.7 Å². The van der Waals surface area contributed by atoms with E-state index in [4.69, 9.17) is 5.11 Å². The van der Waals surface area contributed by atoms with Crippen molar-refractivity contribution in [3.8, 4) is 0 Å². The van der Waals surface area contributed by atoms with Gasteiger partial charge in [0.25, 0.3) is 0 Å². The van der Waals surface area contributed by atoms with Crippen LogP contribution in [0.1, 0.15) is 5.56 Å². The third kappa shape index (κ3) is 2.98. The fourth-order valence-corrected chi connectivity index (χ4v) is 2.29. The smallest absolute Gasteiger partial charge is 0.245 e. The van der Waals surface area contributed by atoms with E-state index in [9.17, 15) is 9.59 Å². The van der Waals surface area contributed by atoms with Crippen LogP contribution >= 0.6 is 11.8 Å². The molecule has 2 rings (SSSR count). The number of aliphatic hydroxyl groups excluding tert-OH is 1. The van der Waals surface area contributed by atoms with E-state index in [0.29, 0.717) is 12.3 Å². The maximum absolute atomic E-state index is 11.2. The molecule has 1 heterocycles. The summed E-state index contributed by atoms with van der Waals surface area (Å²) < 4.78 is 0. The lowest BCUT2D eigenvalue weighted by atomic mass is 10.2. The fourth-order valence-electron chi connectivity index (χ4n) is 1.50. The molecular formula is C11H12N2O3S. The van der Waals surface area contributed by atoms with E-state index >= 15 is 0 Å². The zero-order valence-electron chi connectivity index (χ0n) is 9.03. The van der Waals surface area contributed by atoms with Crippen LogP contribution in [-0.4, -0.2) is 29.3 Å². The van der Waals surface area contributed by atoms with Crippen LogP contribution in [0.5, 0.6) is 0 Å². The van der Waals surface area contributed by atoms with E-state index in [1.54, 1.807) is 0 Å². The predicted molar refractivity (Wildman–Crippen MR) is 64.7 cm³/mol. The molecule has 6 heteroatoms. The summed E-state index contributed by atoms with van der Waals surface area (Å²) in [5.74, 6) is 0.00770. The summed E-state index contributed by atoms with van der Waals surface area (Å²) in [5.41, 5.74) is 1.66. The minimum Gasteiger partial charge on any atom is -0.387 e. The Morgan fingerprint density at radius 3 is 3.12 bits per heavy atom. The van der Waals surface area contributed by atoms with Crippen LogP contribution < -0.4 is 10.6 Å². The SMILES string of the molecule is O=C(CO)NCc1ccc2c(c1)NC(=O)CS2. The molecule has 1 aliphatic heterocycles. The molecule has 1 aliphatic rings. The Kier molecular flexibility index (Phi) is 3.65. The monoisotopic (exact) mass is 252 g/mol. The second kappa shape index (κ2) is 5.20. The normalized spacial score (nSPS) is 13.8. The molecule has 0 aliphatic carbocycles. The minimum atomic E-state index is -0.516. The third-order valence-corrected chi connectivity index (χ3v) is 3.38. The summed E-state index contributed by atoms with van der Waals surface area (Å²) >= 11 is 1.50. The fraction of sp³-hybridized carbons (Fsp3) is 0.273. The summed E-state index contributed by atoms with van der Waals surface area (Å²) in [6.07, 6.45) is 0. The van der Waals surface area contributed by atoms with E-state index in [0.717, 1.165) is 16.1 Å². The molecule has 0 saturated carbocycles. The second-order valence-electron chi connectivity index (χ2n) is 3.60. The van der Waals surface area contributed by atoms with Crippen molar-refractivity contribution >= 4 is 29.3 Å². The van der Waals surface area contributed by atoms with Crippen molar-refractivity contribution in [3.63, 3.8) is 0 Å². The largest absolute Gasteiger partial charge is 0.387 e. The molecule has 0 spiro atoms. The van der Waals surface area contributed by atoms with Crippen LogP contribution in [0.15, 0.2) is 23.1 Å². The van der Waals surface area contributed by atoms with Gasteiger partial charge in [0.05, 0.1) is 11.4 Å². The minimum absolute atomic E-state index is 0.0148. The third-order valence-electron chi connectivity index (χ3n) is 2.31. The number of aliphatic hydroxyl groups is 1. The van der Waals surface area contributed by atoms with E-state index in [1.807, 2.05) is 18.2 Å². The van der Waals surface area contributed by atoms with Crippen molar-refractivity contribution < 1.29 is 14.7 Å². The molecule has 0 fully saturated rings. The van der Waals surface area contributed by atoms with Crippen molar-refractivity contribution in [1.29, 1.82) is 0 Å². The first kappa shape index (κ1) is 11.9. The van der Waals surface area contributed by atoms with Crippen LogP contribution in [0, 0.1) is 0 Å². The number of fused-ring (bicyclic) bond motifs is 1. The predicted octanol–water partition coefficient (Wildman–Crippen LogP) is 0.339. The number of thioether (sulfide) groups is 1. The van der Waals surface area contributed by atoms with E-state index in [2.05, 4.69) is 10.6 Å². The van der Waals surface area contributed by atoms with Gasteiger partial charge < -0.3 is 15.7 Å². The number of amides is 2. The Balaban J connectivity index is 2.07. The molecule has 0 saturated heterocycles. The van der Waals surface area contributed by atoms with Gasteiger partial charge in [0, 0.05) is 11.4 Å². The van der Waals surface area contributed by atoms with Gasteiger partial charge in [-0.15, -0.1) is 11.8 Å². The molecular weight excluding hydrogens is 240 g/mol. The summed E-state index contributed by atoms with van der Waals surface area (Å²) in [6.45, 7) is -0.176. The van der Waals surface area contributed by atoms with Crippen molar-refractivity contribution in [2.75, 3.05) is 17.7 Å². The maximum atomic E-state index is 11.2. The standard InChI is InChI=1S/C11H12N2O3S/c14-5-10(15)12-4-7-1-2-9-8(3-7)13-11(16)6-17-9/h1-3,14H,4-6H2,(H,12,15)(H,13,16). The maximum Gasteiger partial charge on any atom is 0.245 e. The van der Waals surface area contributed by atoms with Crippen molar-refractivity contribution in [1.82, 2.24) is 5.32 Å². The molecule has 0 bridgehead atoms. The average molecular weight is 252 g/mol. The first-order valence-corrected chi connectivity index (χ1v) is 6.11. The van der Waals surface area contributed by atoms with E-state index in [1.165, 1.54) is 11.8 Å². The van der Waals surface area contributed by atoms with Crippen LogP contribution in [0.3, 0.4) is 0 Å². The van der Waals surface area contributed by atoms with Crippen molar-refractivity contribution in [2.24, 2.45) is 0 Å². The van der Waals surface area contributed by atoms with Gasteiger partial charge in [0.15, 0.2) is 0 Å². The number of benzene rings is 1. The number of nitrogens with one attached hydrogen (secondary N) is 2. The van der Waals surface area contributed by atoms with E-state index in [-0.39, 0.29) is 5.91 Å². The molecule has 90 valence electrons. The molecule has 0 atom stereocenters. The van der Waals surface area contributed by atoms with E-state index < -0.39 is 12.5 Å². The lowest BCUT2D eigenvalue weighted by molar-refractivity contribution is -0.124. The highest BCUT2D eigenvalue weighted by atomic mass is 32.2. The van der Waals surface area contributed by atoms with Crippen LogP contribution in [-0.2, 0) is 16.1 Å². The highest BCUT2D eigenvalue weighted by Gasteiger charge is 2.15. The molecule has 1 aromatic rings. The highest BCUT2D eigenvalue weighted by molar-refractivity contribution is 8.00. The average Bonchev–Trinajstić information content (AvgIpc) is 2.35. The number of rotatable bonds is 3. The Bertz CT molecular complexity index is 462. The lowest BCUT2D eigenvalue weighted by Crippen LogP contribution is -2.25. The topological polar surface area (TPSA) is 78.4 Å². The molecule has 0 unspecified atom stereocenters. The van der Waals surface area contributed by atoms with Crippen molar-refractivity contribution in [2.45, 2.75) is 11.4 Å². The molecule has 5 nitrogen and oxygen atoms in total.